The van der Waals surface area contributed by atoms with E-state index in [1.54, 1.807) is 6.92 Å². The van der Waals surface area contributed by atoms with E-state index in [1.807, 2.05) is 0 Å². The second kappa shape index (κ2) is 5.49. The van der Waals surface area contributed by atoms with Crippen LogP contribution in [0.1, 0.15) is 53.4 Å². The van der Waals surface area contributed by atoms with Crippen LogP contribution in [-0.4, -0.2) is 40.0 Å². The molecule has 1 fully saturated rings. The minimum Gasteiger partial charge on any atom is -0.480 e. The number of carboxylic acid groups (broad SMARTS) is 1. The van der Waals surface area contributed by atoms with Gasteiger partial charge in [-0.25, -0.2) is 4.79 Å². The van der Waals surface area contributed by atoms with Crippen LogP contribution in [0.4, 0.5) is 0 Å². The molecule has 3 N–H and O–H groups in total. The molecular formula is C14H26N2O3. The van der Waals surface area contributed by atoms with Crippen molar-refractivity contribution < 1.29 is 14.7 Å². The maximum Gasteiger partial charge on any atom is 0.329 e. The molecule has 0 spiro atoms. The fraction of sp³-hybridized carbons (Fsp3) is 0.857. The summed E-state index contributed by atoms with van der Waals surface area (Å²) in [5.74, 6) is -1.07. The molecule has 1 amide bonds. The first-order valence-electron chi connectivity index (χ1n) is 6.86. The summed E-state index contributed by atoms with van der Waals surface area (Å²) >= 11 is 0. The summed E-state index contributed by atoms with van der Waals surface area (Å²) in [6.07, 6.45) is 2.22. The largest absolute Gasteiger partial charge is 0.480 e. The van der Waals surface area contributed by atoms with Crippen LogP contribution in [0.3, 0.4) is 0 Å². The van der Waals surface area contributed by atoms with Gasteiger partial charge in [0.15, 0.2) is 0 Å². The summed E-state index contributed by atoms with van der Waals surface area (Å²) in [6, 6.07) is -0.217. The van der Waals surface area contributed by atoms with Gasteiger partial charge in [-0.1, -0.05) is 20.8 Å². The Balaban J connectivity index is 2.66. The molecule has 2 atom stereocenters. The van der Waals surface area contributed by atoms with Gasteiger partial charge in [0.2, 0.25) is 5.91 Å². The van der Waals surface area contributed by atoms with Crippen LogP contribution in [0.15, 0.2) is 0 Å². The van der Waals surface area contributed by atoms with Crippen LogP contribution in [0.5, 0.6) is 0 Å². The molecule has 0 aromatic heterocycles. The summed E-state index contributed by atoms with van der Waals surface area (Å²) in [7, 11) is 0. The highest BCUT2D eigenvalue weighted by atomic mass is 16.4. The molecule has 0 aromatic carbocycles. The number of nitrogens with two attached hydrogens (primary N) is 1. The molecule has 5 nitrogen and oxygen atoms in total. The fourth-order valence-electron chi connectivity index (χ4n) is 2.78. The Morgan fingerprint density at radius 1 is 1.42 bits per heavy atom. The number of hydrogen-bond acceptors (Lipinski definition) is 3. The number of nitrogens with zero attached hydrogens (tertiary/aromatic N) is 1. The molecule has 1 saturated heterocycles. The standard InChI is InChI=1S/C14H26N2O3/c1-13(2,3)9-10(15)8-11(17)16-7-5-6-14(16,4)12(18)19/h10H,5-9,15H2,1-4H3,(H,18,19). The first-order chi connectivity index (χ1) is 8.56. The third kappa shape index (κ3) is 3.93. The van der Waals surface area contributed by atoms with E-state index in [-0.39, 0.29) is 23.8 Å². The minimum absolute atomic E-state index is 0.0702. The fourth-order valence-corrected chi connectivity index (χ4v) is 2.78. The lowest BCUT2D eigenvalue weighted by atomic mass is 9.87. The topological polar surface area (TPSA) is 83.6 Å². The van der Waals surface area contributed by atoms with E-state index in [1.165, 1.54) is 4.90 Å². The lowest BCUT2D eigenvalue weighted by molar-refractivity contribution is -0.155. The maximum absolute atomic E-state index is 12.2. The SMILES string of the molecule is CC(C)(C)CC(N)CC(=O)N1CCCC1(C)C(=O)O. The highest BCUT2D eigenvalue weighted by molar-refractivity contribution is 5.87. The van der Waals surface area contributed by atoms with Gasteiger partial charge in [-0.05, 0) is 31.6 Å². The van der Waals surface area contributed by atoms with Crippen LogP contribution in [0.25, 0.3) is 0 Å². The molecular weight excluding hydrogens is 244 g/mol. The molecule has 19 heavy (non-hydrogen) atoms. The first kappa shape index (κ1) is 16.0. The van der Waals surface area contributed by atoms with Crippen molar-refractivity contribution in [3.05, 3.63) is 0 Å². The maximum atomic E-state index is 12.2. The Labute approximate surface area is 115 Å². The van der Waals surface area contributed by atoms with E-state index in [0.29, 0.717) is 13.0 Å². The highest BCUT2D eigenvalue weighted by Crippen LogP contribution is 2.30. The number of aliphatic carboxylic acids is 1. The van der Waals surface area contributed by atoms with Gasteiger partial charge in [0.05, 0.1) is 0 Å². The van der Waals surface area contributed by atoms with Gasteiger partial charge in [0.1, 0.15) is 5.54 Å². The van der Waals surface area contributed by atoms with Crippen molar-refractivity contribution in [1.82, 2.24) is 4.90 Å². The molecule has 0 radical (unpaired) electrons. The molecule has 0 aliphatic carbocycles. The van der Waals surface area contributed by atoms with Gasteiger partial charge >= 0.3 is 5.97 Å². The number of rotatable bonds is 4. The van der Waals surface area contributed by atoms with Crippen molar-refractivity contribution in [2.45, 2.75) is 65.0 Å². The van der Waals surface area contributed by atoms with E-state index in [9.17, 15) is 14.7 Å². The minimum atomic E-state index is -1.06. The number of likely N-dealkylation sites (tertiary alicyclic amines) is 1. The van der Waals surface area contributed by atoms with Crippen molar-refractivity contribution in [2.75, 3.05) is 6.54 Å². The number of carbonyl (C=O) groups is 2. The zero-order valence-corrected chi connectivity index (χ0v) is 12.4. The quantitative estimate of drug-likeness (QED) is 0.813. The Bertz CT molecular complexity index is 362. The van der Waals surface area contributed by atoms with Gasteiger partial charge in [-0.2, -0.15) is 0 Å². The van der Waals surface area contributed by atoms with E-state index < -0.39 is 11.5 Å². The molecule has 1 rings (SSSR count). The Hall–Kier alpha value is -1.10. The summed E-state index contributed by atoms with van der Waals surface area (Å²) in [5.41, 5.74) is 5.01. The van der Waals surface area contributed by atoms with Crippen molar-refractivity contribution in [1.29, 1.82) is 0 Å². The Kier molecular flexibility index (Phi) is 4.61. The molecule has 5 heteroatoms. The molecule has 1 heterocycles. The molecule has 0 saturated carbocycles. The summed E-state index contributed by atoms with van der Waals surface area (Å²) < 4.78 is 0. The van der Waals surface area contributed by atoms with Crippen molar-refractivity contribution in [3.8, 4) is 0 Å². The van der Waals surface area contributed by atoms with Crippen LogP contribution in [0.2, 0.25) is 0 Å². The number of carbonyl (C=O) groups excluding carboxylic acids is 1. The normalized spacial score (nSPS) is 25.4. The van der Waals surface area contributed by atoms with Crippen LogP contribution < -0.4 is 5.73 Å². The molecule has 1 aliphatic rings. The molecule has 0 bridgehead atoms. The van der Waals surface area contributed by atoms with E-state index in [2.05, 4.69) is 20.8 Å². The Morgan fingerprint density at radius 3 is 2.47 bits per heavy atom. The number of carboxylic acids is 1. The zero-order chi connectivity index (χ0) is 14.8. The number of hydrogen-bond donors (Lipinski definition) is 2. The first-order valence-corrected chi connectivity index (χ1v) is 6.86. The van der Waals surface area contributed by atoms with E-state index in [0.717, 1.165) is 12.8 Å². The Morgan fingerprint density at radius 2 is 2.00 bits per heavy atom. The van der Waals surface area contributed by atoms with Crippen molar-refractivity contribution >= 4 is 11.9 Å². The number of amides is 1. The highest BCUT2D eigenvalue weighted by Gasteiger charge is 2.45. The van der Waals surface area contributed by atoms with Gasteiger partial charge < -0.3 is 15.7 Å². The summed E-state index contributed by atoms with van der Waals surface area (Å²) in [6.45, 7) is 8.37. The van der Waals surface area contributed by atoms with Gasteiger partial charge in [-0.15, -0.1) is 0 Å². The van der Waals surface area contributed by atoms with Gasteiger partial charge in [-0.3, -0.25) is 4.79 Å². The molecule has 2 unspecified atom stereocenters. The third-order valence-electron chi connectivity index (χ3n) is 3.71. The predicted molar refractivity (Wildman–Crippen MR) is 73.7 cm³/mol. The lowest BCUT2D eigenvalue weighted by Gasteiger charge is -2.32. The second-order valence-corrected chi connectivity index (χ2v) is 6.96. The average Bonchev–Trinajstić information content (AvgIpc) is 2.58. The van der Waals surface area contributed by atoms with Gasteiger partial charge in [0.25, 0.3) is 0 Å². The van der Waals surface area contributed by atoms with E-state index in [4.69, 9.17) is 5.73 Å². The monoisotopic (exact) mass is 270 g/mol. The summed E-state index contributed by atoms with van der Waals surface area (Å²) in [5, 5.41) is 9.29. The third-order valence-corrected chi connectivity index (χ3v) is 3.71. The molecule has 1 aliphatic heterocycles. The average molecular weight is 270 g/mol. The van der Waals surface area contributed by atoms with Crippen molar-refractivity contribution in [3.63, 3.8) is 0 Å². The van der Waals surface area contributed by atoms with Gasteiger partial charge in [0, 0.05) is 19.0 Å². The van der Waals surface area contributed by atoms with Crippen LogP contribution in [0, 0.1) is 5.41 Å². The predicted octanol–water partition coefficient (Wildman–Crippen LogP) is 1.61. The van der Waals surface area contributed by atoms with Crippen molar-refractivity contribution in [2.24, 2.45) is 11.1 Å². The summed E-state index contributed by atoms with van der Waals surface area (Å²) in [4.78, 5) is 25.1. The van der Waals surface area contributed by atoms with E-state index >= 15 is 0 Å². The molecule has 0 aromatic rings. The zero-order valence-electron chi connectivity index (χ0n) is 12.4. The van der Waals surface area contributed by atoms with Crippen LogP contribution in [-0.2, 0) is 9.59 Å². The lowest BCUT2D eigenvalue weighted by Crippen LogP contribution is -2.51. The molecule has 110 valence electrons. The second-order valence-electron chi connectivity index (χ2n) is 6.96. The van der Waals surface area contributed by atoms with Crippen LogP contribution >= 0.6 is 0 Å². The smallest absolute Gasteiger partial charge is 0.329 e.